The van der Waals surface area contributed by atoms with Crippen LogP contribution in [0.1, 0.15) is 43.5 Å². The highest BCUT2D eigenvalue weighted by molar-refractivity contribution is 7.98. The predicted octanol–water partition coefficient (Wildman–Crippen LogP) is 5.50. The first kappa shape index (κ1) is 29.4. The van der Waals surface area contributed by atoms with Gasteiger partial charge in [-0.2, -0.15) is 0 Å². The van der Waals surface area contributed by atoms with Crippen LogP contribution in [0.5, 0.6) is 11.5 Å². The van der Waals surface area contributed by atoms with Crippen molar-refractivity contribution in [3.8, 4) is 11.5 Å². The molecule has 7 nitrogen and oxygen atoms in total. The molecule has 0 N–H and O–H groups in total. The first-order valence-electron chi connectivity index (χ1n) is 13.5. The number of fused-ring (bicyclic) bond motifs is 1. The van der Waals surface area contributed by atoms with Gasteiger partial charge in [0.25, 0.3) is 5.56 Å². The van der Waals surface area contributed by atoms with Gasteiger partial charge in [0.2, 0.25) is 0 Å². The lowest BCUT2D eigenvalue weighted by molar-refractivity contribution is -0.143. The summed E-state index contributed by atoms with van der Waals surface area (Å²) in [5.74, 6) is 0.696. The van der Waals surface area contributed by atoms with E-state index in [1.54, 1.807) is 44.2 Å². The molecule has 0 bridgehead atoms. The molecule has 1 aromatic heterocycles. The molecule has 0 unspecified atom stereocenters. The molecule has 5 rings (SSSR count). The van der Waals surface area contributed by atoms with Crippen molar-refractivity contribution in [2.24, 2.45) is 4.99 Å². The summed E-state index contributed by atoms with van der Waals surface area (Å²) in [6.07, 6.45) is 3.51. The summed E-state index contributed by atoms with van der Waals surface area (Å²) in [7, 11) is 1.59. The molecule has 9 heteroatoms. The van der Waals surface area contributed by atoms with E-state index >= 15 is 0 Å². The van der Waals surface area contributed by atoms with E-state index in [1.807, 2.05) is 85.1 Å². The molecule has 4 aromatic rings. The lowest BCUT2D eigenvalue weighted by atomic mass is 9.96. The van der Waals surface area contributed by atoms with Crippen molar-refractivity contribution >= 4 is 35.1 Å². The van der Waals surface area contributed by atoms with Gasteiger partial charge in [-0.15, -0.1) is 11.8 Å². The van der Waals surface area contributed by atoms with Crippen LogP contribution in [0.2, 0.25) is 0 Å². The Kier molecular flexibility index (Phi) is 8.99. The molecule has 0 saturated heterocycles. The molecule has 0 aliphatic carbocycles. The van der Waals surface area contributed by atoms with Gasteiger partial charge in [-0.05, 0) is 74.1 Å². The highest BCUT2D eigenvalue weighted by Gasteiger charge is 2.33. The molecular formula is C33H32N2O5S2. The third-order valence-corrected chi connectivity index (χ3v) is 8.46. The van der Waals surface area contributed by atoms with Crippen LogP contribution >= 0.6 is 23.1 Å². The second-order valence-electron chi connectivity index (χ2n) is 9.99. The smallest absolute Gasteiger partial charge is 0.338 e. The maximum Gasteiger partial charge on any atom is 0.338 e. The fourth-order valence-electron chi connectivity index (χ4n) is 4.74. The first-order valence-corrected chi connectivity index (χ1v) is 15.6. The Hall–Kier alpha value is -4.08. The minimum Gasteiger partial charge on any atom is -0.493 e. The van der Waals surface area contributed by atoms with Gasteiger partial charge in [-0.3, -0.25) is 9.36 Å². The number of nitrogens with zero attached hydrogens (tertiary/aromatic N) is 2. The number of methoxy groups -OCH3 is 1. The Bertz CT molecular complexity index is 1810. The van der Waals surface area contributed by atoms with Crippen LogP contribution in [0.15, 0.2) is 98.7 Å². The van der Waals surface area contributed by atoms with Crippen molar-refractivity contribution < 1.29 is 19.0 Å². The summed E-state index contributed by atoms with van der Waals surface area (Å²) in [6, 6.07) is 22.7. The number of allylic oxidation sites excluding steroid dienone is 1. The van der Waals surface area contributed by atoms with E-state index in [9.17, 15) is 9.59 Å². The SMILES string of the molecule is COc1cc(/C=c2\sc3n(c2=O)[C@@H](c2ccc(SC)cc2)C(C(=O)OC(C)C)=C(C)N=3)ccc1OCc1ccccc1. The molecular weight excluding hydrogens is 569 g/mol. The van der Waals surface area contributed by atoms with Crippen LogP contribution in [0.25, 0.3) is 6.08 Å². The molecule has 0 spiro atoms. The largest absolute Gasteiger partial charge is 0.493 e. The first-order chi connectivity index (χ1) is 20.3. The third kappa shape index (κ3) is 6.22. The van der Waals surface area contributed by atoms with Crippen LogP contribution in [-0.4, -0.2) is 30.0 Å². The monoisotopic (exact) mass is 600 g/mol. The van der Waals surface area contributed by atoms with Gasteiger partial charge in [0.05, 0.1) is 35.1 Å². The number of hydrogen-bond acceptors (Lipinski definition) is 8. The van der Waals surface area contributed by atoms with Crippen molar-refractivity contribution in [2.45, 2.75) is 44.4 Å². The molecule has 1 aliphatic rings. The Labute approximate surface area is 252 Å². The van der Waals surface area contributed by atoms with Crippen LogP contribution < -0.4 is 24.4 Å². The molecule has 0 amide bonds. The maximum atomic E-state index is 13.9. The van der Waals surface area contributed by atoms with E-state index in [0.29, 0.717) is 38.7 Å². The van der Waals surface area contributed by atoms with E-state index < -0.39 is 12.0 Å². The number of esters is 1. The number of thiazole rings is 1. The van der Waals surface area contributed by atoms with Crippen molar-refractivity contribution in [3.05, 3.63) is 120 Å². The lowest BCUT2D eigenvalue weighted by Crippen LogP contribution is -2.40. The second-order valence-corrected chi connectivity index (χ2v) is 11.9. The van der Waals surface area contributed by atoms with E-state index in [0.717, 1.165) is 21.6 Å². The average Bonchev–Trinajstić information content (AvgIpc) is 3.29. The number of ether oxygens (including phenoxy) is 3. The molecule has 0 fully saturated rings. The van der Waals surface area contributed by atoms with Crippen LogP contribution in [-0.2, 0) is 16.1 Å². The van der Waals surface area contributed by atoms with Crippen molar-refractivity contribution in [1.82, 2.24) is 4.57 Å². The van der Waals surface area contributed by atoms with E-state index in [-0.39, 0.29) is 11.7 Å². The molecule has 0 radical (unpaired) electrons. The number of benzene rings is 3. The number of aromatic nitrogens is 1. The summed E-state index contributed by atoms with van der Waals surface area (Å²) in [5, 5.41) is 0. The quantitative estimate of drug-likeness (QED) is 0.187. The zero-order valence-corrected chi connectivity index (χ0v) is 25.8. The van der Waals surface area contributed by atoms with Gasteiger partial charge >= 0.3 is 5.97 Å². The Morgan fingerprint density at radius 1 is 1.07 bits per heavy atom. The van der Waals surface area contributed by atoms with Gasteiger partial charge in [0.15, 0.2) is 16.3 Å². The Balaban J connectivity index is 1.55. The van der Waals surface area contributed by atoms with Gasteiger partial charge in [0.1, 0.15) is 6.61 Å². The molecule has 2 heterocycles. The molecule has 1 atom stereocenters. The Morgan fingerprint density at radius 2 is 1.81 bits per heavy atom. The zero-order chi connectivity index (χ0) is 29.8. The van der Waals surface area contributed by atoms with Gasteiger partial charge in [-0.25, -0.2) is 9.79 Å². The summed E-state index contributed by atoms with van der Waals surface area (Å²) >= 11 is 2.91. The fraction of sp³-hybridized carbons (Fsp3) is 0.242. The predicted molar refractivity (Wildman–Crippen MR) is 167 cm³/mol. The second kappa shape index (κ2) is 12.8. The van der Waals surface area contributed by atoms with Crippen molar-refractivity contribution in [1.29, 1.82) is 0 Å². The normalized spacial score (nSPS) is 14.9. The van der Waals surface area contributed by atoms with Gasteiger partial charge in [-0.1, -0.05) is 59.9 Å². The van der Waals surface area contributed by atoms with Crippen LogP contribution in [0.3, 0.4) is 0 Å². The topological polar surface area (TPSA) is 79.1 Å². The van der Waals surface area contributed by atoms with Crippen LogP contribution in [0, 0.1) is 0 Å². The highest BCUT2D eigenvalue weighted by atomic mass is 32.2. The van der Waals surface area contributed by atoms with Gasteiger partial charge < -0.3 is 14.2 Å². The number of carbonyl (C=O) groups is 1. The maximum absolute atomic E-state index is 13.9. The fourth-order valence-corrected chi connectivity index (χ4v) is 6.20. The van der Waals surface area contributed by atoms with E-state index in [2.05, 4.69) is 4.99 Å². The van der Waals surface area contributed by atoms with Crippen LogP contribution in [0.4, 0.5) is 0 Å². The number of rotatable bonds is 9. The summed E-state index contributed by atoms with van der Waals surface area (Å²) in [5.41, 5.74) is 3.31. The minimum atomic E-state index is -0.658. The van der Waals surface area contributed by atoms with Crippen molar-refractivity contribution in [2.75, 3.05) is 13.4 Å². The number of hydrogen-bond donors (Lipinski definition) is 0. The standard InChI is InChI=1S/C33H32N2O5S2/c1-20(2)40-32(37)29-21(3)34-33-35(30(29)24-12-14-25(41-5)15-13-24)31(36)28(42-33)18-23-11-16-26(27(17-23)38-4)39-19-22-9-7-6-8-10-22/h6-18,20,30H,19H2,1-5H3/b28-18-/t30-/m0/s1. The lowest BCUT2D eigenvalue weighted by Gasteiger charge is -2.25. The van der Waals surface area contributed by atoms with E-state index in [4.69, 9.17) is 14.2 Å². The van der Waals surface area contributed by atoms with Gasteiger partial charge in [0, 0.05) is 4.90 Å². The minimum absolute atomic E-state index is 0.233. The molecule has 42 heavy (non-hydrogen) atoms. The average molecular weight is 601 g/mol. The number of thioether (sulfide) groups is 1. The molecule has 0 saturated carbocycles. The van der Waals surface area contributed by atoms with Crippen molar-refractivity contribution in [3.63, 3.8) is 0 Å². The molecule has 3 aromatic carbocycles. The zero-order valence-electron chi connectivity index (χ0n) is 24.1. The number of carbonyl (C=O) groups excluding carboxylic acids is 1. The Morgan fingerprint density at radius 3 is 2.48 bits per heavy atom. The third-order valence-electron chi connectivity index (χ3n) is 6.74. The highest BCUT2D eigenvalue weighted by Crippen LogP contribution is 2.32. The summed E-state index contributed by atoms with van der Waals surface area (Å²) in [6.45, 7) is 5.80. The summed E-state index contributed by atoms with van der Waals surface area (Å²) in [4.78, 5) is 33.5. The van der Waals surface area contributed by atoms with E-state index in [1.165, 1.54) is 11.3 Å². The summed E-state index contributed by atoms with van der Waals surface area (Å²) < 4.78 is 19.3. The molecule has 1 aliphatic heterocycles. The molecule has 216 valence electrons.